The molecule has 6 heteroatoms. The van der Waals surface area contributed by atoms with Gasteiger partial charge in [-0.25, -0.2) is 4.39 Å². The Morgan fingerprint density at radius 3 is 2.88 bits per heavy atom. The maximum absolute atomic E-state index is 12.9. The number of nitrogens with zero attached hydrogens (tertiary/aromatic N) is 1. The summed E-state index contributed by atoms with van der Waals surface area (Å²) in [6.45, 7) is 0.625. The van der Waals surface area contributed by atoms with Crippen molar-refractivity contribution in [1.82, 2.24) is 4.90 Å². The highest BCUT2D eigenvalue weighted by Crippen LogP contribution is 2.20. The summed E-state index contributed by atoms with van der Waals surface area (Å²) in [5.74, 6) is -0.476. The summed E-state index contributed by atoms with van der Waals surface area (Å²) < 4.78 is 12.9. The van der Waals surface area contributed by atoms with Crippen molar-refractivity contribution in [2.24, 2.45) is 0 Å². The van der Waals surface area contributed by atoms with E-state index in [0.29, 0.717) is 23.8 Å². The second-order valence-corrected chi connectivity index (χ2v) is 4.50. The summed E-state index contributed by atoms with van der Waals surface area (Å²) in [6, 6.07) is 4.21. The third-order valence-electron chi connectivity index (χ3n) is 2.49. The molecule has 1 amide bonds. The van der Waals surface area contributed by atoms with E-state index in [4.69, 9.17) is 23.8 Å². The van der Waals surface area contributed by atoms with Gasteiger partial charge >= 0.3 is 0 Å². The molecule has 90 valence electrons. The number of thiocarbonyl (C=S) groups is 1. The molecule has 1 N–H and O–H groups in total. The molecule has 2 rings (SSSR count). The second kappa shape index (κ2) is 4.98. The molecule has 3 nitrogen and oxygen atoms in total. The summed E-state index contributed by atoms with van der Waals surface area (Å²) in [5, 5.41) is 3.22. The summed E-state index contributed by atoms with van der Waals surface area (Å²) in [6.07, 6.45) is 1.33. The van der Waals surface area contributed by atoms with Crippen LogP contribution in [0.2, 0.25) is 5.02 Å². The Morgan fingerprint density at radius 2 is 2.29 bits per heavy atom. The monoisotopic (exact) mass is 272 g/mol. The van der Waals surface area contributed by atoms with Gasteiger partial charge in [0.2, 0.25) is 5.91 Å². The van der Waals surface area contributed by atoms with Crippen molar-refractivity contribution in [3.05, 3.63) is 29.0 Å². The van der Waals surface area contributed by atoms with E-state index in [9.17, 15) is 9.18 Å². The van der Waals surface area contributed by atoms with Crippen LogP contribution in [-0.2, 0) is 4.79 Å². The van der Waals surface area contributed by atoms with Gasteiger partial charge in [-0.2, -0.15) is 0 Å². The normalized spacial score (nSPS) is 15.2. The van der Waals surface area contributed by atoms with Crippen LogP contribution in [0.4, 0.5) is 10.1 Å². The van der Waals surface area contributed by atoms with Gasteiger partial charge in [-0.1, -0.05) is 11.6 Å². The first-order valence-electron chi connectivity index (χ1n) is 5.14. The molecule has 0 spiro atoms. The topological polar surface area (TPSA) is 32.3 Å². The van der Waals surface area contributed by atoms with E-state index in [1.807, 2.05) is 0 Å². The van der Waals surface area contributed by atoms with Crippen LogP contribution >= 0.6 is 23.8 Å². The highest BCUT2D eigenvalue weighted by molar-refractivity contribution is 7.80. The molecule has 0 bridgehead atoms. The first-order valence-corrected chi connectivity index (χ1v) is 5.93. The van der Waals surface area contributed by atoms with Crippen LogP contribution in [0.5, 0.6) is 0 Å². The van der Waals surface area contributed by atoms with Crippen molar-refractivity contribution < 1.29 is 9.18 Å². The molecule has 17 heavy (non-hydrogen) atoms. The maximum Gasteiger partial charge on any atom is 0.228 e. The number of carbonyl (C=O) groups is 1. The number of likely N-dealkylation sites (tertiary alicyclic amines) is 1. The van der Waals surface area contributed by atoms with Crippen LogP contribution in [0.3, 0.4) is 0 Å². The van der Waals surface area contributed by atoms with Gasteiger partial charge in [0.15, 0.2) is 5.11 Å². The zero-order chi connectivity index (χ0) is 12.4. The van der Waals surface area contributed by atoms with E-state index < -0.39 is 5.82 Å². The summed E-state index contributed by atoms with van der Waals surface area (Å²) in [7, 11) is 0. The number of hydrogen-bond acceptors (Lipinski definition) is 2. The summed E-state index contributed by atoms with van der Waals surface area (Å²) in [5.41, 5.74) is 0.570. The highest BCUT2D eigenvalue weighted by atomic mass is 35.5. The van der Waals surface area contributed by atoms with Crippen molar-refractivity contribution in [2.75, 3.05) is 11.9 Å². The Labute approximate surface area is 109 Å². The lowest BCUT2D eigenvalue weighted by Gasteiger charge is -2.18. The molecule has 0 radical (unpaired) electrons. The van der Waals surface area contributed by atoms with Gasteiger partial charge in [-0.05, 0) is 36.8 Å². The fourth-order valence-electron chi connectivity index (χ4n) is 1.63. The highest BCUT2D eigenvalue weighted by Gasteiger charge is 2.23. The predicted octanol–water partition coefficient (Wildman–Crippen LogP) is 2.80. The minimum atomic E-state index is -0.486. The van der Waals surface area contributed by atoms with E-state index in [2.05, 4.69) is 5.32 Å². The molecule has 1 aromatic rings. The van der Waals surface area contributed by atoms with Crippen LogP contribution in [0.25, 0.3) is 0 Å². The molecule has 1 fully saturated rings. The number of halogens is 2. The number of anilines is 1. The van der Waals surface area contributed by atoms with Gasteiger partial charge < -0.3 is 5.32 Å². The van der Waals surface area contributed by atoms with Crippen molar-refractivity contribution >= 4 is 40.5 Å². The minimum absolute atomic E-state index is 0.00992. The molecule has 1 saturated heterocycles. The molecule has 1 aromatic carbocycles. The Bertz CT molecular complexity index is 481. The van der Waals surface area contributed by atoms with Gasteiger partial charge in [0, 0.05) is 18.7 Å². The summed E-state index contributed by atoms with van der Waals surface area (Å²) >= 11 is 10.8. The minimum Gasteiger partial charge on any atom is -0.332 e. The van der Waals surface area contributed by atoms with Crippen LogP contribution < -0.4 is 5.32 Å². The van der Waals surface area contributed by atoms with Crippen LogP contribution in [-0.4, -0.2) is 22.5 Å². The number of nitrogens with one attached hydrogen (secondary N) is 1. The van der Waals surface area contributed by atoms with E-state index in [-0.39, 0.29) is 10.9 Å². The lowest BCUT2D eigenvalue weighted by Crippen LogP contribution is -2.35. The zero-order valence-corrected chi connectivity index (χ0v) is 10.4. The van der Waals surface area contributed by atoms with Crippen molar-refractivity contribution in [2.45, 2.75) is 12.8 Å². The van der Waals surface area contributed by atoms with Gasteiger partial charge in [0.1, 0.15) is 5.82 Å². The fourth-order valence-corrected chi connectivity index (χ4v) is 2.12. The molecule has 0 atom stereocenters. The quantitative estimate of drug-likeness (QED) is 0.798. The van der Waals surface area contributed by atoms with Crippen LogP contribution in [0, 0.1) is 5.82 Å². The molecular formula is C11H10ClFN2OS. The average Bonchev–Trinajstić information content (AvgIpc) is 2.70. The first-order chi connectivity index (χ1) is 8.08. The van der Waals surface area contributed by atoms with Crippen LogP contribution in [0.15, 0.2) is 18.2 Å². The Kier molecular flexibility index (Phi) is 3.59. The van der Waals surface area contributed by atoms with E-state index in [0.717, 1.165) is 6.42 Å². The lowest BCUT2D eigenvalue weighted by molar-refractivity contribution is -0.124. The third-order valence-corrected chi connectivity index (χ3v) is 3.10. The average molecular weight is 273 g/mol. The molecule has 1 heterocycles. The lowest BCUT2D eigenvalue weighted by atomic mass is 10.3. The number of hydrogen-bond donors (Lipinski definition) is 1. The standard InChI is InChI=1S/C11H10ClFN2OS/c12-8-6-7(3-4-9(8)13)14-11(17)15-5-1-2-10(15)16/h3-4,6H,1-2,5H2,(H,14,17). The first kappa shape index (κ1) is 12.3. The van der Waals surface area contributed by atoms with Crippen molar-refractivity contribution in [1.29, 1.82) is 0 Å². The zero-order valence-electron chi connectivity index (χ0n) is 8.87. The van der Waals surface area contributed by atoms with Gasteiger partial charge in [0.25, 0.3) is 0 Å². The van der Waals surface area contributed by atoms with Crippen molar-refractivity contribution in [3.8, 4) is 0 Å². The Morgan fingerprint density at radius 1 is 1.53 bits per heavy atom. The van der Waals surface area contributed by atoms with E-state index >= 15 is 0 Å². The Hall–Kier alpha value is -1.20. The smallest absolute Gasteiger partial charge is 0.228 e. The Balaban J connectivity index is 2.07. The molecule has 1 aliphatic heterocycles. The molecule has 0 unspecified atom stereocenters. The van der Waals surface area contributed by atoms with E-state index in [1.165, 1.54) is 23.1 Å². The number of rotatable bonds is 1. The van der Waals surface area contributed by atoms with Crippen LogP contribution in [0.1, 0.15) is 12.8 Å². The largest absolute Gasteiger partial charge is 0.332 e. The number of carbonyl (C=O) groups excluding carboxylic acids is 1. The number of amides is 1. The predicted molar refractivity (Wildman–Crippen MR) is 68.6 cm³/mol. The maximum atomic E-state index is 12.9. The van der Waals surface area contributed by atoms with Gasteiger partial charge in [0.05, 0.1) is 5.02 Å². The molecule has 0 saturated carbocycles. The second-order valence-electron chi connectivity index (χ2n) is 3.71. The van der Waals surface area contributed by atoms with Gasteiger partial charge in [-0.3, -0.25) is 9.69 Å². The van der Waals surface area contributed by atoms with Crippen molar-refractivity contribution in [3.63, 3.8) is 0 Å². The van der Waals surface area contributed by atoms with E-state index in [1.54, 1.807) is 0 Å². The molecule has 0 aliphatic carbocycles. The SMILES string of the molecule is O=C1CCCN1C(=S)Nc1ccc(F)c(Cl)c1. The fraction of sp³-hybridized carbons (Fsp3) is 0.273. The summed E-state index contributed by atoms with van der Waals surface area (Å²) in [4.78, 5) is 12.9. The molecule has 1 aliphatic rings. The van der Waals surface area contributed by atoms with Gasteiger partial charge in [-0.15, -0.1) is 0 Å². The number of benzene rings is 1. The molecular weight excluding hydrogens is 263 g/mol. The third kappa shape index (κ3) is 2.73. The molecule has 0 aromatic heterocycles.